The molecule has 2 atom stereocenters. The summed E-state index contributed by atoms with van der Waals surface area (Å²) in [6, 6.07) is 3.43. The largest absolute Gasteiger partial charge is 0.475 e. The second-order valence-electron chi connectivity index (χ2n) is 5.86. The third-order valence-corrected chi connectivity index (χ3v) is 3.67. The minimum Gasteiger partial charge on any atom is -0.475 e. The van der Waals surface area contributed by atoms with Crippen molar-refractivity contribution in [1.29, 1.82) is 0 Å². The van der Waals surface area contributed by atoms with Gasteiger partial charge in [0.2, 0.25) is 11.8 Å². The van der Waals surface area contributed by atoms with Crippen LogP contribution < -0.4 is 15.8 Å². The Bertz CT molecular complexity index is 507. The van der Waals surface area contributed by atoms with Crippen LogP contribution >= 0.6 is 0 Å². The number of ether oxygens (including phenoxy) is 2. The summed E-state index contributed by atoms with van der Waals surface area (Å²) in [6.07, 6.45) is 1.70. The standard InChI is InChI=1S/C15H23N3O3/c1-10(2)21-13-11(5-4-6-17-13)7-18-14(19)15(3)9-20-8-12(15)16/h4-6,10,12H,7-9,16H2,1-3H3,(H,18,19). The van der Waals surface area contributed by atoms with Gasteiger partial charge >= 0.3 is 0 Å². The maximum Gasteiger partial charge on any atom is 0.230 e. The highest BCUT2D eigenvalue weighted by Gasteiger charge is 2.44. The number of amides is 1. The van der Waals surface area contributed by atoms with Crippen molar-refractivity contribution in [2.24, 2.45) is 11.1 Å². The molecule has 0 aromatic carbocycles. The van der Waals surface area contributed by atoms with Crippen molar-refractivity contribution in [3.8, 4) is 5.88 Å². The third kappa shape index (κ3) is 3.51. The van der Waals surface area contributed by atoms with Crippen LogP contribution in [0.15, 0.2) is 18.3 Å². The van der Waals surface area contributed by atoms with Crippen LogP contribution in [0.5, 0.6) is 5.88 Å². The molecule has 1 aliphatic heterocycles. The van der Waals surface area contributed by atoms with Crippen LogP contribution in [0.4, 0.5) is 0 Å². The number of carbonyl (C=O) groups is 1. The predicted molar refractivity (Wildman–Crippen MR) is 78.7 cm³/mol. The molecule has 1 amide bonds. The first-order valence-corrected chi connectivity index (χ1v) is 7.15. The van der Waals surface area contributed by atoms with Crippen molar-refractivity contribution in [3.63, 3.8) is 0 Å². The van der Waals surface area contributed by atoms with Crippen molar-refractivity contribution in [2.75, 3.05) is 13.2 Å². The number of rotatable bonds is 5. The van der Waals surface area contributed by atoms with E-state index in [0.29, 0.717) is 25.6 Å². The third-order valence-electron chi connectivity index (χ3n) is 3.67. The van der Waals surface area contributed by atoms with Gasteiger partial charge in [-0.15, -0.1) is 0 Å². The molecule has 6 heteroatoms. The minimum absolute atomic E-state index is 0.0310. The highest BCUT2D eigenvalue weighted by atomic mass is 16.5. The maximum absolute atomic E-state index is 12.4. The number of hydrogen-bond donors (Lipinski definition) is 2. The van der Waals surface area contributed by atoms with E-state index in [2.05, 4.69) is 10.3 Å². The van der Waals surface area contributed by atoms with Gasteiger partial charge in [-0.3, -0.25) is 4.79 Å². The molecule has 116 valence electrons. The highest BCUT2D eigenvalue weighted by molar-refractivity contribution is 5.83. The van der Waals surface area contributed by atoms with E-state index in [4.69, 9.17) is 15.2 Å². The Morgan fingerprint density at radius 2 is 2.43 bits per heavy atom. The average molecular weight is 293 g/mol. The van der Waals surface area contributed by atoms with Gasteiger partial charge in [0.15, 0.2) is 0 Å². The van der Waals surface area contributed by atoms with Gasteiger partial charge in [-0.1, -0.05) is 6.07 Å². The van der Waals surface area contributed by atoms with Crippen molar-refractivity contribution in [1.82, 2.24) is 10.3 Å². The predicted octanol–water partition coefficient (Wildman–Crippen LogP) is 0.849. The monoisotopic (exact) mass is 293 g/mol. The fourth-order valence-corrected chi connectivity index (χ4v) is 2.19. The zero-order chi connectivity index (χ0) is 15.5. The lowest BCUT2D eigenvalue weighted by molar-refractivity contribution is -0.130. The van der Waals surface area contributed by atoms with Gasteiger partial charge in [0.05, 0.1) is 24.7 Å². The quantitative estimate of drug-likeness (QED) is 0.840. The SMILES string of the molecule is CC(C)Oc1ncccc1CNC(=O)C1(C)COCC1N. The highest BCUT2D eigenvalue weighted by Crippen LogP contribution is 2.27. The van der Waals surface area contributed by atoms with Crippen LogP contribution in [0, 0.1) is 5.41 Å². The zero-order valence-electron chi connectivity index (χ0n) is 12.8. The molecule has 1 aromatic heterocycles. The second-order valence-corrected chi connectivity index (χ2v) is 5.86. The summed E-state index contributed by atoms with van der Waals surface area (Å²) in [5.74, 6) is 0.441. The smallest absolute Gasteiger partial charge is 0.230 e. The summed E-state index contributed by atoms with van der Waals surface area (Å²) in [6.45, 7) is 6.83. The lowest BCUT2D eigenvalue weighted by Crippen LogP contribution is -2.49. The van der Waals surface area contributed by atoms with Gasteiger partial charge in [0.25, 0.3) is 0 Å². The maximum atomic E-state index is 12.4. The summed E-state index contributed by atoms with van der Waals surface area (Å²) < 4.78 is 10.9. The number of aromatic nitrogens is 1. The number of carbonyl (C=O) groups excluding carboxylic acids is 1. The number of nitrogens with two attached hydrogens (primary N) is 1. The van der Waals surface area contributed by atoms with Gasteiger partial charge in [-0.05, 0) is 26.8 Å². The molecular weight excluding hydrogens is 270 g/mol. The molecule has 1 fully saturated rings. The summed E-state index contributed by atoms with van der Waals surface area (Å²) >= 11 is 0. The molecule has 6 nitrogen and oxygen atoms in total. The summed E-state index contributed by atoms with van der Waals surface area (Å²) in [7, 11) is 0. The number of nitrogens with one attached hydrogen (secondary N) is 1. The molecule has 0 spiro atoms. The zero-order valence-corrected chi connectivity index (χ0v) is 12.8. The Kier molecular flexibility index (Phi) is 4.80. The van der Waals surface area contributed by atoms with Crippen LogP contribution in [0.2, 0.25) is 0 Å². The van der Waals surface area contributed by atoms with Crippen LogP contribution in [0.25, 0.3) is 0 Å². The molecule has 2 unspecified atom stereocenters. The molecule has 3 N–H and O–H groups in total. The van der Waals surface area contributed by atoms with Crippen molar-refractivity contribution in [3.05, 3.63) is 23.9 Å². The number of nitrogens with zero attached hydrogens (tertiary/aromatic N) is 1. The Morgan fingerprint density at radius 3 is 3.05 bits per heavy atom. The van der Waals surface area contributed by atoms with E-state index >= 15 is 0 Å². The van der Waals surface area contributed by atoms with E-state index in [1.54, 1.807) is 6.20 Å². The topological polar surface area (TPSA) is 86.5 Å². The van der Waals surface area contributed by atoms with Gasteiger partial charge < -0.3 is 20.5 Å². The number of hydrogen-bond acceptors (Lipinski definition) is 5. The Morgan fingerprint density at radius 1 is 1.67 bits per heavy atom. The van der Waals surface area contributed by atoms with E-state index < -0.39 is 5.41 Å². The Labute approximate surface area is 125 Å². The first-order chi connectivity index (χ1) is 9.93. The first-order valence-electron chi connectivity index (χ1n) is 7.15. The molecule has 0 bridgehead atoms. The van der Waals surface area contributed by atoms with Crippen LogP contribution in [-0.4, -0.2) is 36.3 Å². The van der Waals surface area contributed by atoms with Crippen molar-refractivity contribution >= 4 is 5.91 Å². The van der Waals surface area contributed by atoms with Crippen molar-refractivity contribution < 1.29 is 14.3 Å². The van der Waals surface area contributed by atoms with Crippen LogP contribution in [0.1, 0.15) is 26.3 Å². The van der Waals surface area contributed by atoms with Crippen LogP contribution in [-0.2, 0) is 16.1 Å². The van der Waals surface area contributed by atoms with E-state index in [1.807, 2.05) is 32.9 Å². The van der Waals surface area contributed by atoms with Crippen LogP contribution in [0.3, 0.4) is 0 Å². The van der Waals surface area contributed by atoms with E-state index in [0.717, 1.165) is 5.56 Å². The fourth-order valence-electron chi connectivity index (χ4n) is 2.19. The number of pyridine rings is 1. The van der Waals surface area contributed by atoms with E-state index in [-0.39, 0.29) is 18.1 Å². The molecular formula is C15H23N3O3. The molecule has 2 rings (SSSR count). The minimum atomic E-state index is -0.679. The van der Waals surface area contributed by atoms with Crippen molar-refractivity contribution in [2.45, 2.75) is 39.5 Å². The molecule has 1 aromatic rings. The molecule has 0 saturated carbocycles. The van der Waals surface area contributed by atoms with Gasteiger partial charge in [0.1, 0.15) is 0 Å². The Hall–Kier alpha value is -1.66. The summed E-state index contributed by atoms with van der Waals surface area (Å²) in [5, 5.41) is 2.91. The lowest BCUT2D eigenvalue weighted by atomic mass is 9.85. The molecule has 0 aliphatic carbocycles. The molecule has 1 aliphatic rings. The molecule has 0 radical (unpaired) electrons. The summed E-state index contributed by atoms with van der Waals surface area (Å²) in [4.78, 5) is 16.6. The van der Waals surface area contributed by atoms with Gasteiger partial charge in [-0.25, -0.2) is 4.98 Å². The second kappa shape index (κ2) is 6.41. The van der Waals surface area contributed by atoms with Gasteiger partial charge in [0, 0.05) is 24.3 Å². The van der Waals surface area contributed by atoms with E-state index in [1.165, 1.54) is 0 Å². The molecule has 21 heavy (non-hydrogen) atoms. The first kappa shape index (κ1) is 15.7. The Balaban J connectivity index is 2.01. The summed E-state index contributed by atoms with van der Waals surface area (Å²) in [5.41, 5.74) is 6.12. The molecule has 1 saturated heterocycles. The lowest BCUT2D eigenvalue weighted by Gasteiger charge is -2.25. The normalized spacial score (nSPS) is 25.1. The van der Waals surface area contributed by atoms with Gasteiger partial charge in [-0.2, -0.15) is 0 Å². The average Bonchev–Trinajstić information content (AvgIpc) is 2.78. The van der Waals surface area contributed by atoms with E-state index in [9.17, 15) is 4.79 Å². The molecule has 2 heterocycles. The fraction of sp³-hybridized carbons (Fsp3) is 0.600.